The van der Waals surface area contributed by atoms with Gasteiger partial charge in [-0.1, -0.05) is 25.2 Å². The van der Waals surface area contributed by atoms with Crippen molar-refractivity contribution in [3.05, 3.63) is 51.2 Å². The second-order valence-corrected chi connectivity index (χ2v) is 4.75. The van der Waals surface area contributed by atoms with Gasteiger partial charge in [-0.2, -0.15) is 0 Å². The van der Waals surface area contributed by atoms with Crippen LogP contribution in [0.4, 0.5) is 0 Å². The van der Waals surface area contributed by atoms with Crippen LogP contribution in [-0.4, -0.2) is 9.55 Å². The molecule has 2 rings (SSSR count). The maximum absolute atomic E-state index is 11.7. The summed E-state index contributed by atoms with van der Waals surface area (Å²) in [5.74, 6) is 0.602. The minimum Gasteiger partial charge on any atom is -0.307 e. The van der Waals surface area contributed by atoms with Crippen molar-refractivity contribution in [1.82, 2.24) is 9.55 Å². The topological polar surface area (TPSA) is 34.9 Å². The molecule has 0 aliphatic heterocycles. The molecule has 1 aliphatic rings. The van der Waals surface area contributed by atoms with Gasteiger partial charge in [0.1, 0.15) is 0 Å². The second-order valence-electron chi connectivity index (χ2n) is 4.00. The minimum atomic E-state index is -0.0876. The van der Waals surface area contributed by atoms with Crippen LogP contribution in [0.2, 0.25) is 0 Å². The fourth-order valence-corrected chi connectivity index (χ4v) is 1.98. The predicted molar refractivity (Wildman–Crippen MR) is 67.2 cm³/mol. The summed E-state index contributed by atoms with van der Waals surface area (Å²) in [5, 5.41) is 0. The Morgan fingerprint density at radius 2 is 2.44 bits per heavy atom. The van der Waals surface area contributed by atoms with Crippen LogP contribution in [0.5, 0.6) is 0 Å². The van der Waals surface area contributed by atoms with Gasteiger partial charge in [0.05, 0.1) is 6.54 Å². The smallest absolute Gasteiger partial charge is 0.283 e. The zero-order valence-corrected chi connectivity index (χ0v) is 10.6. The van der Waals surface area contributed by atoms with Crippen molar-refractivity contribution in [3.8, 4) is 0 Å². The highest BCUT2D eigenvalue weighted by atomic mass is 79.9. The molecule has 3 nitrogen and oxygen atoms in total. The second kappa shape index (κ2) is 4.78. The van der Waals surface area contributed by atoms with Crippen LogP contribution >= 0.6 is 15.9 Å². The number of aromatic nitrogens is 2. The van der Waals surface area contributed by atoms with Gasteiger partial charge in [0, 0.05) is 12.4 Å². The first-order valence-corrected chi connectivity index (χ1v) is 6.04. The van der Waals surface area contributed by atoms with Gasteiger partial charge in [-0.15, -0.1) is 0 Å². The van der Waals surface area contributed by atoms with Gasteiger partial charge in [-0.3, -0.25) is 4.79 Å². The lowest BCUT2D eigenvalue weighted by atomic mass is 9.98. The van der Waals surface area contributed by atoms with Crippen LogP contribution < -0.4 is 5.56 Å². The van der Waals surface area contributed by atoms with E-state index in [0.717, 1.165) is 6.42 Å². The van der Waals surface area contributed by atoms with Crippen LogP contribution in [0.15, 0.2) is 45.6 Å². The molecule has 1 aromatic heterocycles. The van der Waals surface area contributed by atoms with Crippen molar-refractivity contribution in [1.29, 1.82) is 0 Å². The third-order valence-corrected chi connectivity index (χ3v) is 3.16. The Morgan fingerprint density at radius 3 is 3.12 bits per heavy atom. The normalized spacial score (nSPS) is 19.6. The third kappa shape index (κ3) is 2.50. The van der Waals surface area contributed by atoms with E-state index in [4.69, 9.17) is 0 Å². The predicted octanol–water partition coefficient (Wildman–Crippen LogP) is 2.53. The fourth-order valence-electron chi connectivity index (χ4n) is 1.63. The van der Waals surface area contributed by atoms with E-state index in [1.807, 2.05) is 0 Å². The summed E-state index contributed by atoms with van der Waals surface area (Å²) < 4.78 is 2.02. The van der Waals surface area contributed by atoms with E-state index in [9.17, 15) is 4.79 Å². The van der Waals surface area contributed by atoms with Crippen LogP contribution in [0.3, 0.4) is 0 Å². The summed E-state index contributed by atoms with van der Waals surface area (Å²) in [5.41, 5.74) is 1.09. The van der Waals surface area contributed by atoms with Crippen LogP contribution in [-0.2, 0) is 6.54 Å². The first-order valence-electron chi connectivity index (χ1n) is 5.25. The first-order chi connectivity index (χ1) is 7.66. The maximum atomic E-state index is 11.7. The summed E-state index contributed by atoms with van der Waals surface area (Å²) in [4.78, 5) is 15.6. The van der Waals surface area contributed by atoms with Gasteiger partial charge in [-0.25, -0.2) is 4.98 Å². The van der Waals surface area contributed by atoms with Gasteiger partial charge in [0.15, 0.2) is 4.60 Å². The lowest BCUT2D eigenvalue weighted by Crippen LogP contribution is -2.21. The van der Waals surface area contributed by atoms with E-state index in [1.54, 1.807) is 17.0 Å². The van der Waals surface area contributed by atoms with Crippen molar-refractivity contribution >= 4 is 15.9 Å². The molecule has 16 heavy (non-hydrogen) atoms. The number of allylic oxidation sites excluding steroid dienone is 4. The summed E-state index contributed by atoms with van der Waals surface area (Å²) in [6.07, 6.45) is 10.8. The summed E-state index contributed by atoms with van der Waals surface area (Å²) in [7, 11) is 0. The molecular weight excluding hydrogens is 268 g/mol. The third-order valence-electron chi connectivity index (χ3n) is 2.62. The molecule has 1 aliphatic carbocycles. The van der Waals surface area contributed by atoms with E-state index in [1.165, 1.54) is 5.57 Å². The molecule has 0 aromatic carbocycles. The number of hydrogen-bond donors (Lipinski definition) is 0. The van der Waals surface area contributed by atoms with E-state index in [2.05, 4.69) is 46.1 Å². The van der Waals surface area contributed by atoms with Crippen LogP contribution in [0, 0.1) is 5.92 Å². The molecule has 0 bridgehead atoms. The standard InChI is InChI=1S/C12H13BrN2O/c1-9-2-4-10(5-3-9)8-15-7-6-14-11(13)12(15)16/h2,4-7,9H,3,8H2,1H3. The molecule has 1 atom stereocenters. The molecule has 1 aromatic rings. The van der Waals surface area contributed by atoms with E-state index in [0.29, 0.717) is 17.1 Å². The highest BCUT2D eigenvalue weighted by Crippen LogP contribution is 2.16. The van der Waals surface area contributed by atoms with Crippen molar-refractivity contribution in [2.24, 2.45) is 5.92 Å². The molecule has 0 saturated carbocycles. The lowest BCUT2D eigenvalue weighted by molar-refractivity contribution is 0.694. The minimum absolute atomic E-state index is 0.0876. The number of nitrogens with zero attached hydrogens (tertiary/aromatic N) is 2. The average Bonchev–Trinajstić information content (AvgIpc) is 2.28. The Bertz CT molecular complexity index is 502. The van der Waals surface area contributed by atoms with Crippen molar-refractivity contribution in [2.75, 3.05) is 0 Å². The monoisotopic (exact) mass is 280 g/mol. The van der Waals surface area contributed by atoms with E-state index < -0.39 is 0 Å². The van der Waals surface area contributed by atoms with Gasteiger partial charge in [-0.05, 0) is 33.8 Å². The van der Waals surface area contributed by atoms with Gasteiger partial charge < -0.3 is 4.57 Å². The highest BCUT2D eigenvalue weighted by Gasteiger charge is 2.06. The molecule has 84 valence electrons. The summed E-state index contributed by atoms with van der Waals surface area (Å²) >= 11 is 3.14. The van der Waals surface area contributed by atoms with Crippen molar-refractivity contribution < 1.29 is 0 Å². The largest absolute Gasteiger partial charge is 0.307 e. The number of rotatable bonds is 2. The van der Waals surface area contributed by atoms with Crippen molar-refractivity contribution in [3.63, 3.8) is 0 Å². The molecule has 1 unspecified atom stereocenters. The fraction of sp³-hybridized carbons (Fsp3) is 0.333. The molecule has 1 heterocycles. The molecule has 0 spiro atoms. The van der Waals surface area contributed by atoms with E-state index in [-0.39, 0.29) is 5.56 Å². The zero-order chi connectivity index (χ0) is 11.5. The number of hydrogen-bond acceptors (Lipinski definition) is 2. The van der Waals surface area contributed by atoms with Gasteiger partial charge in [0.25, 0.3) is 5.56 Å². The quantitative estimate of drug-likeness (QED) is 0.835. The Balaban J connectivity index is 2.20. The zero-order valence-electron chi connectivity index (χ0n) is 9.06. The Labute approximate surface area is 103 Å². The van der Waals surface area contributed by atoms with E-state index >= 15 is 0 Å². The SMILES string of the molecule is CC1C=CC(Cn2ccnc(Br)c2=O)=CC1. The molecule has 0 amide bonds. The Morgan fingerprint density at radius 1 is 1.62 bits per heavy atom. The molecule has 4 heteroatoms. The van der Waals surface area contributed by atoms with Gasteiger partial charge >= 0.3 is 0 Å². The summed E-state index contributed by atoms with van der Waals surface area (Å²) in [6, 6.07) is 0. The molecule has 0 saturated heterocycles. The Kier molecular flexibility index (Phi) is 3.39. The number of halogens is 1. The highest BCUT2D eigenvalue weighted by molar-refractivity contribution is 9.10. The van der Waals surface area contributed by atoms with Crippen LogP contribution in [0.1, 0.15) is 13.3 Å². The van der Waals surface area contributed by atoms with Crippen molar-refractivity contribution in [2.45, 2.75) is 19.9 Å². The molecule has 0 fully saturated rings. The molecular formula is C12H13BrN2O. The molecule has 0 N–H and O–H groups in total. The maximum Gasteiger partial charge on any atom is 0.283 e. The average molecular weight is 281 g/mol. The van der Waals surface area contributed by atoms with Gasteiger partial charge in [0.2, 0.25) is 0 Å². The first kappa shape index (κ1) is 11.3. The van der Waals surface area contributed by atoms with Crippen LogP contribution in [0.25, 0.3) is 0 Å². The Hall–Kier alpha value is -1.16. The summed E-state index contributed by atoms with van der Waals surface area (Å²) in [6.45, 7) is 2.79. The lowest BCUT2D eigenvalue weighted by Gasteiger charge is -2.12. The molecule has 0 radical (unpaired) electrons.